The van der Waals surface area contributed by atoms with Crippen LogP contribution in [-0.4, -0.2) is 6.15 Å². The number of nitrogens with zero attached hydrogens (tertiary/aromatic N) is 1. The molecule has 0 aliphatic heterocycles. The van der Waals surface area contributed by atoms with E-state index >= 15 is 35.1 Å². The number of hydrogen-bond acceptors (Lipinski definition) is 0. The Morgan fingerprint density at radius 1 is 0.333 bits per heavy atom. The summed E-state index contributed by atoms with van der Waals surface area (Å²) in [6, 6.07) is 21.1. The van der Waals surface area contributed by atoms with Gasteiger partial charge in [0.2, 0.25) is 4.60 Å². The van der Waals surface area contributed by atoms with Gasteiger partial charge in [-0.25, -0.2) is 87.8 Å². The number of benzene rings is 6. The molecule has 0 aliphatic rings. The molecule has 0 radical (unpaired) electrons. The molecular formula is C40H13BBrF20N. The van der Waals surface area contributed by atoms with Crippen molar-refractivity contribution in [3.63, 3.8) is 0 Å². The van der Waals surface area contributed by atoms with E-state index in [2.05, 4.69) is 81.3 Å². The number of pyridine rings is 1. The van der Waals surface area contributed by atoms with Crippen molar-refractivity contribution in [2.24, 2.45) is 0 Å². The number of hydrogen-bond donors (Lipinski definition) is 0. The Balaban J connectivity index is 0.000000302. The predicted octanol–water partition coefficient (Wildman–Crippen LogP) is 9.78. The minimum atomic E-state index is -7.22. The highest BCUT2D eigenvalue weighted by atomic mass is 79.9. The number of fused-ring (bicyclic) bond motifs is 1. The molecule has 1 aromatic heterocycles. The highest BCUT2D eigenvalue weighted by Crippen LogP contribution is 2.31. The molecule has 1 nitrogen and oxygen atoms in total. The van der Waals surface area contributed by atoms with E-state index in [1.165, 1.54) is 16.3 Å². The Morgan fingerprint density at radius 3 is 0.889 bits per heavy atom. The normalized spacial score (nSPS) is 11.6. The van der Waals surface area contributed by atoms with Gasteiger partial charge in [0.05, 0.1) is 0 Å². The minimum absolute atomic E-state index is 0.881. The Hall–Kier alpha value is -6.13. The predicted molar refractivity (Wildman–Crippen MR) is 187 cm³/mol. The average Bonchev–Trinajstić information content (AvgIpc) is 3.27. The lowest BCUT2D eigenvalue weighted by Gasteiger charge is -2.44. The minimum Gasteiger partial charge on any atom is -0.207 e. The SMILES string of the molecule is Brc1cc2ccccc2c[n+]1Cc1ccccc1.Fc1c(F)c(F)c([B-](c2c(F)c(F)c(F)c(F)c2F)(c2c(F)c(F)c(F)c(F)c2F)c2c(F)c(F)c(F)c(F)c2F)c(F)c1F. The van der Waals surface area contributed by atoms with Crippen LogP contribution < -0.4 is 26.4 Å². The lowest BCUT2D eigenvalue weighted by Crippen LogP contribution is -2.81. The second-order valence-electron chi connectivity index (χ2n) is 13.1. The van der Waals surface area contributed by atoms with Crippen LogP contribution in [0.25, 0.3) is 10.8 Å². The summed E-state index contributed by atoms with van der Waals surface area (Å²) in [6.07, 6.45) is -5.03. The third-order valence-electron chi connectivity index (χ3n) is 9.74. The van der Waals surface area contributed by atoms with Crippen molar-refractivity contribution >= 4 is 54.7 Å². The van der Waals surface area contributed by atoms with E-state index in [9.17, 15) is 52.7 Å². The van der Waals surface area contributed by atoms with Crippen LogP contribution in [0.15, 0.2) is 71.5 Å². The van der Waals surface area contributed by atoms with E-state index in [0.29, 0.717) is 0 Å². The van der Waals surface area contributed by atoms with Gasteiger partial charge in [-0.3, -0.25) is 0 Å². The van der Waals surface area contributed by atoms with Gasteiger partial charge in [-0.15, -0.1) is 21.9 Å². The fraction of sp³-hybridized carbons (Fsp3) is 0.0250. The Morgan fingerprint density at radius 2 is 0.587 bits per heavy atom. The Labute approximate surface area is 346 Å². The number of halogens is 21. The average molecular weight is 978 g/mol. The van der Waals surface area contributed by atoms with Crippen LogP contribution in [0, 0.1) is 116 Å². The standard InChI is InChI=1S/C24BF20.C16H13BrN/c26-5-1(6(27)14(35)21(42)13(5)34)25(2-7(28)15(36)22(43)16(37)8(2)29,3-9(30)17(38)23(44)18(39)10(3)31)4-11(32)19(40)24(45)20(41)12(4)33;17-16-10-14-8-4-5-9-15(14)12-18(16)11-13-6-2-1-3-7-13/h;1-10,12H,11H2/q-1;+1. The summed E-state index contributed by atoms with van der Waals surface area (Å²) in [6.45, 7) is 0.881. The van der Waals surface area contributed by atoms with Gasteiger partial charge in [0.25, 0.3) is 0 Å². The molecular weight excluding hydrogens is 965 g/mol. The molecule has 23 heteroatoms. The van der Waals surface area contributed by atoms with Crippen molar-refractivity contribution in [3.05, 3.63) is 193 Å². The van der Waals surface area contributed by atoms with Crippen molar-refractivity contribution < 1.29 is 92.4 Å². The van der Waals surface area contributed by atoms with Crippen molar-refractivity contribution in [1.29, 1.82) is 0 Å². The first kappa shape index (κ1) is 46.4. The molecule has 7 aromatic rings. The molecule has 0 fully saturated rings. The van der Waals surface area contributed by atoms with E-state index in [4.69, 9.17) is 0 Å². The summed E-state index contributed by atoms with van der Waals surface area (Å²) >= 11 is 3.64. The second kappa shape index (κ2) is 17.2. The van der Waals surface area contributed by atoms with E-state index in [1.54, 1.807) is 0 Å². The molecule has 0 saturated heterocycles. The van der Waals surface area contributed by atoms with Crippen LogP contribution in [0.5, 0.6) is 0 Å². The highest BCUT2D eigenvalue weighted by Gasteiger charge is 2.52. The third-order valence-corrected chi connectivity index (χ3v) is 10.4. The van der Waals surface area contributed by atoms with Gasteiger partial charge >= 0.3 is 0 Å². The fourth-order valence-electron chi connectivity index (χ4n) is 6.98. The Bertz CT molecular complexity index is 2620. The Kier molecular flexibility index (Phi) is 12.7. The molecule has 0 aliphatic carbocycles. The molecule has 7 rings (SSSR count). The van der Waals surface area contributed by atoms with Crippen LogP contribution in [0.3, 0.4) is 0 Å². The maximum absolute atomic E-state index is 15.4. The molecule has 0 N–H and O–H groups in total. The molecule has 0 atom stereocenters. The van der Waals surface area contributed by atoms with E-state index in [-0.39, 0.29) is 0 Å². The van der Waals surface area contributed by atoms with E-state index in [0.717, 1.165) is 11.1 Å². The largest absolute Gasteiger partial charge is 0.248 e. The summed E-state index contributed by atoms with van der Waals surface area (Å²) in [4.78, 5) is 0. The zero-order chi connectivity index (χ0) is 46.7. The topological polar surface area (TPSA) is 3.88 Å². The monoisotopic (exact) mass is 977 g/mol. The molecule has 1 heterocycles. The maximum Gasteiger partial charge on any atom is 0.248 e. The zero-order valence-electron chi connectivity index (χ0n) is 30.0. The van der Waals surface area contributed by atoms with Crippen LogP contribution in [0.1, 0.15) is 5.56 Å². The lowest BCUT2D eigenvalue weighted by atomic mass is 9.12. The molecule has 328 valence electrons. The van der Waals surface area contributed by atoms with E-state index < -0.39 is 144 Å². The van der Waals surface area contributed by atoms with Gasteiger partial charge in [-0.05, 0) is 11.5 Å². The van der Waals surface area contributed by atoms with E-state index in [1.807, 2.05) is 6.07 Å². The van der Waals surface area contributed by atoms with Gasteiger partial charge in [0, 0.05) is 32.9 Å². The number of rotatable bonds is 6. The first-order chi connectivity index (χ1) is 29.5. The van der Waals surface area contributed by atoms with Crippen molar-refractivity contribution in [1.82, 2.24) is 0 Å². The molecule has 0 unspecified atom stereocenters. The summed E-state index contributed by atoms with van der Waals surface area (Å²) in [5, 5.41) is 2.52. The molecule has 0 amide bonds. The van der Waals surface area contributed by atoms with Crippen molar-refractivity contribution in [2.45, 2.75) is 6.54 Å². The summed E-state index contributed by atoms with van der Waals surface area (Å²) in [7, 11) is 0. The van der Waals surface area contributed by atoms with Gasteiger partial charge in [-0.2, -0.15) is 4.57 Å². The van der Waals surface area contributed by atoms with Crippen LogP contribution in [-0.2, 0) is 6.54 Å². The quantitative estimate of drug-likeness (QED) is 0.0391. The van der Waals surface area contributed by atoms with Crippen LogP contribution in [0.4, 0.5) is 87.8 Å². The van der Waals surface area contributed by atoms with Gasteiger partial charge in [0.15, 0.2) is 82.5 Å². The molecule has 0 saturated carbocycles. The smallest absolute Gasteiger partial charge is 0.207 e. The first-order valence-corrected chi connectivity index (χ1v) is 17.7. The van der Waals surface area contributed by atoms with Gasteiger partial charge in [-0.1, -0.05) is 48.5 Å². The van der Waals surface area contributed by atoms with Crippen LogP contribution in [0.2, 0.25) is 0 Å². The van der Waals surface area contributed by atoms with Crippen molar-refractivity contribution in [2.75, 3.05) is 0 Å². The zero-order valence-corrected chi connectivity index (χ0v) is 31.6. The summed E-state index contributed by atoms with van der Waals surface area (Å²) in [5.41, 5.74) is -13.0. The van der Waals surface area contributed by atoms with Gasteiger partial charge in [0.1, 0.15) is 52.7 Å². The highest BCUT2D eigenvalue weighted by molar-refractivity contribution is 9.10. The van der Waals surface area contributed by atoms with Crippen LogP contribution >= 0.6 is 15.9 Å². The molecule has 0 bridgehead atoms. The third kappa shape index (κ3) is 7.32. The number of aromatic nitrogens is 1. The second-order valence-corrected chi connectivity index (χ2v) is 14.0. The summed E-state index contributed by atoms with van der Waals surface area (Å²) in [5.74, 6) is -71.4. The first-order valence-electron chi connectivity index (χ1n) is 16.9. The molecule has 6 aromatic carbocycles. The molecule has 63 heavy (non-hydrogen) atoms. The lowest BCUT2D eigenvalue weighted by molar-refractivity contribution is -0.697. The maximum atomic E-state index is 15.4. The fourth-order valence-corrected chi connectivity index (χ4v) is 7.45. The van der Waals surface area contributed by atoms with Crippen molar-refractivity contribution in [3.8, 4) is 0 Å². The van der Waals surface area contributed by atoms with Gasteiger partial charge < -0.3 is 0 Å². The molecule has 0 spiro atoms. The summed E-state index contributed by atoms with van der Waals surface area (Å²) < 4.78 is 297.